The van der Waals surface area contributed by atoms with Crippen LogP contribution in [0.15, 0.2) is 91.0 Å². The van der Waals surface area contributed by atoms with Crippen LogP contribution in [0.5, 0.6) is 0 Å². The van der Waals surface area contributed by atoms with E-state index in [2.05, 4.69) is 41.4 Å². The number of nitrogens with one attached hydrogen (secondary N) is 1. The van der Waals surface area contributed by atoms with Gasteiger partial charge in [0.25, 0.3) is 0 Å². The van der Waals surface area contributed by atoms with Crippen molar-refractivity contribution in [2.24, 2.45) is 0 Å². The molecule has 3 aromatic carbocycles. The molecule has 0 fully saturated rings. The van der Waals surface area contributed by atoms with Gasteiger partial charge in [0.2, 0.25) is 0 Å². The van der Waals surface area contributed by atoms with Crippen molar-refractivity contribution in [1.82, 2.24) is 9.97 Å². The van der Waals surface area contributed by atoms with E-state index in [9.17, 15) is 0 Å². The summed E-state index contributed by atoms with van der Waals surface area (Å²) in [4.78, 5) is 8.37. The lowest BCUT2D eigenvalue weighted by Crippen LogP contribution is -1.82. The van der Waals surface area contributed by atoms with Gasteiger partial charge in [-0.25, -0.2) is 4.98 Å². The first-order chi connectivity index (χ1) is 12.4. The van der Waals surface area contributed by atoms with Gasteiger partial charge in [-0.05, 0) is 0 Å². The molecule has 0 spiro atoms. The summed E-state index contributed by atoms with van der Waals surface area (Å²) in [5.41, 5.74) is 5.38. The smallest absolute Gasteiger partial charge is 0.138 e. The van der Waals surface area contributed by atoms with Crippen molar-refractivity contribution < 1.29 is 0 Å². The van der Waals surface area contributed by atoms with Gasteiger partial charge in [-0.1, -0.05) is 105 Å². The van der Waals surface area contributed by atoms with E-state index in [1.807, 2.05) is 68.4 Å². The van der Waals surface area contributed by atoms with E-state index in [1.54, 1.807) is 0 Å². The van der Waals surface area contributed by atoms with Gasteiger partial charge in [-0.2, -0.15) is 0 Å². The first-order valence-corrected chi connectivity index (χ1v) is 8.68. The number of hydrogen-bond acceptors (Lipinski definition) is 1. The molecule has 2 nitrogen and oxygen atoms in total. The van der Waals surface area contributed by atoms with Crippen LogP contribution in [0.3, 0.4) is 0 Å². The number of H-pyrrole nitrogens is 1. The lowest BCUT2D eigenvalue weighted by atomic mass is 10.1. The first-order valence-electron chi connectivity index (χ1n) is 8.68. The third-order valence-corrected chi connectivity index (χ3v) is 3.86. The van der Waals surface area contributed by atoms with Gasteiger partial charge in [0.05, 0.1) is 11.4 Å². The number of hydrogen-bond donors (Lipinski definition) is 1. The molecule has 0 saturated carbocycles. The maximum atomic E-state index is 4.87. The molecule has 124 valence electrons. The molecule has 2 heteroatoms. The molecule has 4 aromatic rings. The molecule has 4 rings (SSSR count). The van der Waals surface area contributed by atoms with Gasteiger partial charge in [-0.15, -0.1) is 0 Å². The molecule has 0 radical (unpaired) electrons. The normalized spacial score (nSPS) is 10.0. The number of benzene rings is 3. The molecular weight excluding hydrogens is 304 g/mol. The highest BCUT2D eigenvalue weighted by Gasteiger charge is 2.14. The van der Waals surface area contributed by atoms with Crippen molar-refractivity contribution in [2.45, 2.75) is 13.8 Å². The molecule has 0 unspecified atom stereocenters. The number of aromatic amines is 1. The van der Waals surface area contributed by atoms with Crippen LogP contribution in [0.4, 0.5) is 0 Å². The topological polar surface area (TPSA) is 28.7 Å². The summed E-state index contributed by atoms with van der Waals surface area (Å²) in [5.74, 6) is 0.892. The lowest BCUT2D eigenvalue weighted by molar-refractivity contribution is 1.31. The molecule has 0 aliphatic heterocycles. The summed E-state index contributed by atoms with van der Waals surface area (Å²) in [6.45, 7) is 4.00. The van der Waals surface area contributed by atoms with Crippen molar-refractivity contribution in [3.63, 3.8) is 0 Å². The minimum Gasteiger partial charge on any atom is -0.337 e. The van der Waals surface area contributed by atoms with Crippen LogP contribution >= 0.6 is 0 Å². The fourth-order valence-electron chi connectivity index (χ4n) is 2.72. The van der Waals surface area contributed by atoms with E-state index in [0.717, 1.165) is 33.9 Å². The Morgan fingerprint density at radius 3 is 1.52 bits per heavy atom. The highest BCUT2D eigenvalue weighted by atomic mass is 14.9. The summed E-state index contributed by atoms with van der Waals surface area (Å²) in [5, 5.41) is 0. The summed E-state index contributed by atoms with van der Waals surface area (Å²) in [7, 11) is 0. The molecule has 0 bridgehead atoms. The Balaban J connectivity index is 0.000000880. The van der Waals surface area contributed by atoms with Gasteiger partial charge in [0, 0.05) is 16.7 Å². The molecular formula is C23H22N2. The summed E-state index contributed by atoms with van der Waals surface area (Å²) in [6.07, 6.45) is 0. The lowest BCUT2D eigenvalue weighted by Gasteiger charge is -2.02. The Morgan fingerprint density at radius 1 is 0.560 bits per heavy atom. The second-order valence-electron chi connectivity index (χ2n) is 5.41. The van der Waals surface area contributed by atoms with Crippen molar-refractivity contribution in [3.8, 4) is 33.9 Å². The Morgan fingerprint density at radius 2 is 1.00 bits per heavy atom. The van der Waals surface area contributed by atoms with E-state index in [-0.39, 0.29) is 0 Å². The van der Waals surface area contributed by atoms with E-state index in [4.69, 9.17) is 4.98 Å². The standard InChI is InChI=1S/C21H16N2.C2H6/c1-4-10-16(11-5-1)19-20(17-12-6-2-7-13-17)23-21(22-19)18-14-8-3-9-15-18;1-2/h1-15H,(H,22,23);1-2H3. The zero-order valence-corrected chi connectivity index (χ0v) is 14.6. The zero-order valence-electron chi connectivity index (χ0n) is 14.6. The molecule has 1 heterocycles. The monoisotopic (exact) mass is 326 g/mol. The molecule has 0 saturated heterocycles. The van der Waals surface area contributed by atoms with Crippen LogP contribution in [-0.4, -0.2) is 9.97 Å². The number of rotatable bonds is 3. The number of nitrogens with zero attached hydrogens (tertiary/aromatic N) is 1. The van der Waals surface area contributed by atoms with E-state index in [0.29, 0.717) is 0 Å². The molecule has 0 aliphatic carbocycles. The van der Waals surface area contributed by atoms with E-state index in [1.165, 1.54) is 0 Å². The van der Waals surface area contributed by atoms with Gasteiger partial charge in [-0.3, -0.25) is 0 Å². The van der Waals surface area contributed by atoms with E-state index >= 15 is 0 Å². The second-order valence-corrected chi connectivity index (χ2v) is 5.41. The molecule has 25 heavy (non-hydrogen) atoms. The Kier molecular flexibility index (Phi) is 5.43. The van der Waals surface area contributed by atoms with Crippen LogP contribution in [0.1, 0.15) is 13.8 Å². The van der Waals surface area contributed by atoms with Crippen LogP contribution in [0, 0.1) is 0 Å². The minimum atomic E-state index is 0.892. The fourth-order valence-corrected chi connectivity index (χ4v) is 2.72. The van der Waals surface area contributed by atoms with Crippen LogP contribution < -0.4 is 0 Å². The molecule has 1 N–H and O–H groups in total. The van der Waals surface area contributed by atoms with Crippen LogP contribution in [-0.2, 0) is 0 Å². The summed E-state index contributed by atoms with van der Waals surface area (Å²) < 4.78 is 0. The molecule has 1 aromatic heterocycles. The predicted molar refractivity (Wildman–Crippen MR) is 106 cm³/mol. The number of aromatic nitrogens is 2. The maximum absolute atomic E-state index is 4.87. The quantitative estimate of drug-likeness (QED) is 0.461. The van der Waals surface area contributed by atoms with Crippen LogP contribution in [0.2, 0.25) is 0 Å². The second kappa shape index (κ2) is 8.11. The third kappa shape index (κ3) is 3.69. The average Bonchev–Trinajstić information content (AvgIpc) is 3.17. The van der Waals surface area contributed by atoms with Gasteiger partial charge < -0.3 is 4.98 Å². The minimum absolute atomic E-state index is 0.892. The van der Waals surface area contributed by atoms with Crippen molar-refractivity contribution in [3.05, 3.63) is 91.0 Å². The summed E-state index contributed by atoms with van der Waals surface area (Å²) >= 11 is 0. The van der Waals surface area contributed by atoms with Crippen molar-refractivity contribution in [2.75, 3.05) is 0 Å². The summed E-state index contributed by atoms with van der Waals surface area (Å²) in [6, 6.07) is 30.9. The van der Waals surface area contributed by atoms with Gasteiger partial charge >= 0.3 is 0 Å². The molecule has 0 atom stereocenters. The number of imidazole rings is 1. The fraction of sp³-hybridized carbons (Fsp3) is 0.0870. The predicted octanol–water partition coefficient (Wildman–Crippen LogP) is 6.44. The largest absolute Gasteiger partial charge is 0.337 e. The van der Waals surface area contributed by atoms with Crippen molar-refractivity contribution >= 4 is 0 Å². The van der Waals surface area contributed by atoms with Crippen LogP contribution in [0.25, 0.3) is 33.9 Å². The Labute approximate surface area is 149 Å². The van der Waals surface area contributed by atoms with Gasteiger partial charge in [0.1, 0.15) is 5.82 Å². The first kappa shape index (κ1) is 16.7. The SMILES string of the molecule is CC.c1ccc(-c2nc(-c3ccccc3)c(-c3ccccc3)[nH]2)cc1. The zero-order chi connectivity index (χ0) is 17.5. The molecule has 0 amide bonds. The van der Waals surface area contributed by atoms with Crippen molar-refractivity contribution in [1.29, 1.82) is 0 Å². The third-order valence-electron chi connectivity index (χ3n) is 3.86. The van der Waals surface area contributed by atoms with E-state index < -0.39 is 0 Å². The van der Waals surface area contributed by atoms with Gasteiger partial charge in [0.15, 0.2) is 0 Å². The Bertz CT molecular complexity index is 838. The maximum Gasteiger partial charge on any atom is 0.138 e. The highest BCUT2D eigenvalue weighted by Crippen LogP contribution is 2.32. The highest BCUT2D eigenvalue weighted by molar-refractivity contribution is 5.81. The molecule has 0 aliphatic rings. The Hall–Kier alpha value is -3.13. The average molecular weight is 326 g/mol.